The first-order chi connectivity index (χ1) is 9.24. The van der Waals surface area contributed by atoms with Gasteiger partial charge in [0.1, 0.15) is 6.33 Å². The quantitative estimate of drug-likeness (QED) is 0.795. The molecule has 5 nitrogen and oxygen atoms in total. The molecule has 1 aliphatic rings. The first-order valence-electron chi connectivity index (χ1n) is 6.18. The van der Waals surface area contributed by atoms with Gasteiger partial charge < -0.3 is 11.1 Å². The molecule has 0 saturated heterocycles. The number of nitrogens with one attached hydrogen (secondary N) is 1. The Labute approximate surface area is 110 Å². The molecule has 0 saturated carbocycles. The minimum atomic E-state index is -0.143. The third-order valence-corrected chi connectivity index (χ3v) is 3.37. The summed E-state index contributed by atoms with van der Waals surface area (Å²) >= 11 is 0. The lowest BCUT2D eigenvalue weighted by molar-refractivity contribution is 0.0936. The number of carbonyl (C=O) groups excluding carboxylic acids is 1. The van der Waals surface area contributed by atoms with E-state index in [0.29, 0.717) is 5.56 Å². The number of aryl methyl sites for hydroxylation is 1. The summed E-state index contributed by atoms with van der Waals surface area (Å²) in [6.07, 6.45) is 6.28. The van der Waals surface area contributed by atoms with Crippen molar-refractivity contribution in [3.05, 3.63) is 53.6 Å². The molecule has 0 fully saturated rings. The molecule has 0 radical (unpaired) electrons. The van der Waals surface area contributed by atoms with Crippen LogP contribution in [0, 0.1) is 0 Å². The van der Waals surface area contributed by atoms with Gasteiger partial charge in [0.15, 0.2) is 0 Å². The predicted octanol–water partition coefficient (Wildman–Crippen LogP) is 1.48. The van der Waals surface area contributed by atoms with E-state index in [1.54, 1.807) is 0 Å². The number of fused-ring (bicyclic) bond motifs is 1. The van der Waals surface area contributed by atoms with Gasteiger partial charge >= 0.3 is 0 Å². The molecule has 1 aliphatic carbocycles. The molecule has 5 heteroatoms. The predicted molar refractivity (Wildman–Crippen MR) is 71.4 cm³/mol. The highest BCUT2D eigenvalue weighted by molar-refractivity contribution is 5.93. The molecule has 19 heavy (non-hydrogen) atoms. The summed E-state index contributed by atoms with van der Waals surface area (Å²) in [7, 11) is 0. The van der Waals surface area contributed by atoms with Gasteiger partial charge in [-0.25, -0.2) is 9.97 Å². The fraction of sp³-hybridized carbons (Fsp3) is 0.214. The highest BCUT2D eigenvalue weighted by Gasteiger charge is 2.24. The number of benzene rings is 1. The van der Waals surface area contributed by atoms with Crippen LogP contribution < -0.4 is 11.1 Å². The minimum absolute atomic E-state index is 0.0447. The van der Waals surface area contributed by atoms with Crippen LogP contribution in [-0.4, -0.2) is 15.9 Å². The van der Waals surface area contributed by atoms with Crippen molar-refractivity contribution < 1.29 is 4.79 Å². The van der Waals surface area contributed by atoms with Crippen molar-refractivity contribution in [2.75, 3.05) is 5.73 Å². The average Bonchev–Trinajstić information content (AvgIpc) is 2.82. The fourth-order valence-corrected chi connectivity index (χ4v) is 2.45. The van der Waals surface area contributed by atoms with Gasteiger partial charge in [-0.05, 0) is 36.1 Å². The van der Waals surface area contributed by atoms with Crippen LogP contribution >= 0.6 is 0 Å². The van der Waals surface area contributed by atoms with E-state index in [2.05, 4.69) is 15.3 Å². The zero-order chi connectivity index (χ0) is 13.2. The lowest BCUT2D eigenvalue weighted by Crippen LogP contribution is -2.27. The monoisotopic (exact) mass is 254 g/mol. The standard InChI is InChI=1S/C14H14N4O/c15-11-2-3-12-9(5-11)1-4-13(12)18-14(19)10-6-16-8-17-7-10/h2-3,5-8,13H,1,4,15H2,(H,18,19). The number of anilines is 1. The number of amides is 1. The van der Waals surface area contributed by atoms with Crippen LogP contribution in [0.1, 0.15) is 33.9 Å². The molecule has 2 aromatic rings. The van der Waals surface area contributed by atoms with Gasteiger partial charge in [-0.15, -0.1) is 0 Å². The van der Waals surface area contributed by atoms with Crippen molar-refractivity contribution in [2.24, 2.45) is 0 Å². The number of nitrogens with two attached hydrogens (primary N) is 1. The second-order valence-corrected chi connectivity index (χ2v) is 4.65. The number of hydrogen-bond donors (Lipinski definition) is 2. The highest BCUT2D eigenvalue weighted by atomic mass is 16.1. The smallest absolute Gasteiger partial charge is 0.254 e. The van der Waals surface area contributed by atoms with Crippen LogP contribution in [0.4, 0.5) is 5.69 Å². The van der Waals surface area contributed by atoms with Gasteiger partial charge in [0.2, 0.25) is 0 Å². The van der Waals surface area contributed by atoms with E-state index >= 15 is 0 Å². The van der Waals surface area contributed by atoms with E-state index < -0.39 is 0 Å². The first-order valence-corrected chi connectivity index (χ1v) is 6.18. The topological polar surface area (TPSA) is 80.9 Å². The summed E-state index contributed by atoms with van der Waals surface area (Å²) in [4.78, 5) is 19.8. The molecule has 0 bridgehead atoms. The fourth-order valence-electron chi connectivity index (χ4n) is 2.45. The van der Waals surface area contributed by atoms with Gasteiger partial charge in [-0.1, -0.05) is 6.07 Å². The Kier molecular flexibility index (Phi) is 2.87. The minimum Gasteiger partial charge on any atom is -0.399 e. The molecular weight excluding hydrogens is 240 g/mol. The maximum absolute atomic E-state index is 12.1. The van der Waals surface area contributed by atoms with Crippen LogP contribution in [-0.2, 0) is 6.42 Å². The molecule has 1 atom stereocenters. The van der Waals surface area contributed by atoms with E-state index in [9.17, 15) is 4.79 Å². The van der Waals surface area contributed by atoms with E-state index in [1.807, 2.05) is 18.2 Å². The van der Waals surface area contributed by atoms with Crippen molar-refractivity contribution in [3.63, 3.8) is 0 Å². The number of aromatic nitrogens is 2. The third-order valence-electron chi connectivity index (χ3n) is 3.37. The zero-order valence-electron chi connectivity index (χ0n) is 10.3. The third kappa shape index (κ3) is 2.27. The molecule has 1 heterocycles. The molecule has 0 spiro atoms. The van der Waals surface area contributed by atoms with Crippen LogP contribution in [0.2, 0.25) is 0 Å². The van der Waals surface area contributed by atoms with Crippen LogP contribution in [0.15, 0.2) is 36.9 Å². The second-order valence-electron chi connectivity index (χ2n) is 4.65. The molecule has 1 aromatic heterocycles. The Morgan fingerprint density at radius 1 is 1.32 bits per heavy atom. The summed E-state index contributed by atoms with van der Waals surface area (Å²) in [6, 6.07) is 5.88. The van der Waals surface area contributed by atoms with Crippen LogP contribution in [0.25, 0.3) is 0 Å². The van der Waals surface area contributed by atoms with Gasteiger partial charge in [0, 0.05) is 18.1 Å². The molecule has 1 aromatic carbocycles. The number of hydrogen-bond acceptors (Lipinski definition) is 4. The SMILES string of the molecule is Nc1ccc2c(c1)CCC2NC(=O)c1cncnc1. The summed E-state index contributed by atoms with van der Waals surface area (Å²) < 4.78 is 0. The van der Waals surface area contributed by atoms with Crippen molar-refractivity contribution in [1.29, 1.82) is 0 Å². The van der Waals surface area contributed by atoms with E-state index in [4.69, 9.17) is 5.73 Å². The van der Waals surface area contributed by atoms with Gasteiger partial charge in [0.25, 0.3) is 5.91 Å². The zero-order valence-corrected chi connectivity index (χ0v) is 10.3. The normalized spacial score (nSPS) is 16.9. The maximum Gasteiger partial charge on any atom is 0.254 e. The lowest BCUT2D eigenvalue weighted by Gasteiger charge is -2.14. The van der Waals surface area contributed by atoms with Gasteiger partial charge in [0.05, 0.1) is 11.6 Å². The molecule has 1 amide bonds. The van der Waals surface area contributed by atoms with E-state index in [1.165, 1.54) is 24.3 Å². The molecule has 3 rings (SSSR count). The Morgan fingerprint density at radius 3 is 2.89 bits per heavy atom. The largest absolute Gasteiger partial charge is 0.399 e. The molecule has 1 unspecified atom stereocenters. The number of rotatable bonds is 2. The Bertz CT molecular complexity index is 612. The van der Waals surface area contributed by atoms with E-state index in [-0.39, 0.29) is 11.9 Å². The van der Waals surface area contributed by atoms with Crippen molar-refractivity contribution in [2.45, 2.75) is 18.9 Å². The summed E-state index contributed by atoms with van der Waals surface area (Å²) in [6.45, 7) is 0. The Morgan fingerprint density at radius 2 is 2.11 bits per heavy atom. The Hall–Kier alpha value is -2.43. The van der Waals surface area contributed by atoms with Crippen molar-refractivity contribution in [3.8, 4) is 0 Å². The van der Waals surface area contributed by atoms with Crippen LogP contribution in [0.5, 0.6) is 0 Å². The maximum atomic E-state index is 12.1. The van der Waals surface area contributed by atoms with Gasteiger partial charge in [-0.2, -0.15) is 0 Å². The molecule has 3 N–H and O–H groups in total. The first kappa shape index (κ1) is 11.6. The number of nitrogen functional groups attached to an aromatic ring is 1. The lowest BCUT2D eigenvalue weighted by atomic mass is 10.1. The van der Waals surface area contributed by atoms with Crippen molar-refractivity contribution in [1.82, 2.24) is 15.3 Å². The number of carbonyl (C=O) groups is 1. The summed E-state index contributed by atoms with van der Waals surface area (Å²) in [5.74, 6) is -0.143. The average molecular weight is 254 g/mol. The summed E-state index contributed by atoms with van der Waals surface area (Å²) in [5.41, 5.74) is 9.38. The van der Waals surface area contributed by atoms with Crippen LogP contribution in [0.3, 0.4) is 0 Å². The molecule has 96 valence electrons. The second kappa shape index (κ2) is 4.68. The van der Waals surface area contributed by atoms with E-state index in [0.717, 1.165) is 24.1 Å². The molecule has 0 aliphatic heterocycles. The van der Waals surface area contributed by atoms with Crippen molar-refractivity contribution >= 4 is 11.6 Å². The molecular formula is C14H14N4O. The Balaban J connectivity index is 1.78. The summed E-state index contributed by atoms with van der Waals surface area (Å²) in [5, 5.41) is 3.01. The highest BCUT2D eigenvalue weighted by Crippen LogP contribution is 2.32. The van der Waals surface area contributed by atoms with Gasteiger partial charge in [-0.3, -0.25) is 4.79 Å². The number of nitrogens with zero attached hydrogens (tertiary/aromatic N) is 2.